The van der Waals surface area contributed by atoms with Gasteiger partial charge >= 0.3 is 5.97 Å². The predicted molar refractivity (Wildman–Crippen MR) is 89.3 cm³/mol. The van der Waals surface area contributed by atoms with Crippen LogP contribution >= 0.6 is 11.6 Å². The maximum atomic E-state index is 12.2. The highest BCUT2D eigenvalue weighted by Crippen LogP contribution is 2.30. The molecule has 0 aliphatic carbocycles. The third-order valence-corrected chi connectivity index (χ3v) is 4.47. The maximum absolute atomic E-state index is 12.2. The molecule has 3 rings (SSSR count). The van der Waals surface area contributed by atoms with E-state index in [1.165, 1.54) is 0 Å². The first-order chi connectivity index (χ1) is 11.7. The van der Waals surface area contributed by atoms with Crippen molar-refractivity contribution < 1.29 is 23.7 Å². The van der Waals surface area contributed by atoms with Crippen molar-refractivity contribution in [2.75, 3.05) is 26.4 Å². The predicted octanol–water partition coefficient (Wildman–Crippen LogP) is 3.37. The number of rotatable bonds is 6. The number of carbonyl (C=O) groups is 1. The van der Waals surface area contributed by atoms with E-state index in [9.17, 15) is 4.79 Å². The van der Waals surface area contributed by atoms with E-state index in [1.54, 1.807) is 6.07 Å². The number of benzene rings is 1. The van der Waals surface area contributed by atoms with E-state index < -0.39 is 0 Å². The summed E-state index contributed by atoms with van der Waals surface area (Å²) in [6, 6.07) is 5.47. The first-order valence-corrected chi connectivity index (χ1v) is 8.91. The summed E-state index contributed by atoms with van der Waals surface area (Å²) in [7, 11) is 0. The number of carbonyl (C=O) groups excluding carboxylic acids is 1. The molecule has 1 fully saturated rings. The van der Waals surface area contributed by atoms with Crippen molar-refractivity contribution in [3.8, 4) is 5.75 Å². The average Bonchev–Trinajstić information content (AvgIpc) is 2.61. The van der Waals surface area contributed by atoms with Crippen LogP contribution in [0.1, 0.15) is 31.2 Å². The minimum Gasteiger partial charge on any atom is -0.492 e. The maximum Gasteiger partial charge on any atom is 0.312 e. The van der Waals surface area contributed by atoms with Gasteiger partial charge in [-0.05, 0) is 49.4 Å². The van der Waals surface area contributed by atoms with Gasteiger partial charge in [0.1, 0.15) is 12.4 Å². The van der Waals surface area contributed by atoms with Crippen LogP contribution in [0.2, 0.25) is 5.02 Å². The zero-order chi connectivity index (χ0) is 16.8. The summed E-state index contributed by atoms with van der Waals surface area (Å²) >= 11 is 5.99. The highest BCUT2D eigenvalue weighted by Gasteiger charge is 2.27. The fourth-order valence-electron chi connectivity index (χ4n) is 2.92. The van der Waals surface area contributed by atoms with Crippen LogP contribution in [-0.2, 0) is 25.4 Å². The van der Waals surface area contributed by atoms with Gasteiger partial charge in [0.15, 0.2) is 6.29 Å². The lowest BCUT2D eigenvalue weighted by Crippen LogP contribution is -2.30. The zero-order valence-corrected chi connectivity index (χ0v) is 14.4. The summed E-state index contributed by atoms with van der Waals surface area (Å²) in [5.41, 5.74) is 0.952. The van der Waals surface area contributed by atoms with E-state index in [0.717, 1.165) is 37.2 Å². The Labute approximate surface area is 147 Å². The molecule has 2 heterocycles. The van der Waals surface area contributed by atoms with Gasteiger partial charge < -0.3 is 18.9 Å². The molecule has 0 N–H and O–H groups in total. The Kier molecular flexibility index (Phi) is 6.35. The normalized spacial score (nSPS) is 23.2. The van der Waals surface area contributed by atoms with Crippen LogP contribution in [0.25, 0.3) is 0 Å². The Morgan fingerprint density at radius 2 is 2.21 bits per heavy atom. The van der Waals surface area contributed by atoms with Gasteiger partial charge in [-0.3, -0.25) is 4.79 Å². The van der Waals surface area contributed by atoms with E-state index in [1.807, 2.05) is 12.1 Å². The van der Waals surface area contributed by atoms with Crippen LogP contribution in [0.4, 0.5) is 0 Å². The second-order valence-corrected chi connectivity index (χ2v) is 6.59. The lowest BCUT2D eigenvalue weighted by Gasteiger charge is -2.24. The van der Waals surface area contributed by atoms with Gasteiger partial charge in [-0.2, -0.15) is 0 Å². The molecule has 2 aliphatic heterocycles. The SMILES string of the molecule is O=C(OCCCO[C@H]1CCCCO1)[C@@H]1COc2ccc(Cl)cc2C1. The number of hydrogen-bond donors (Lipinski definition) is 0. The quantitative estimate of drug-likeness (QED) is 0.579. The van der Waals surface area contributed by atoms with E-state index in [-0.39, 0.29) is 18.2 Å². The van der Waals surface area contributed by atoms with E-state index >= 15 is 0 Å². The molecule has 0 spiro atoms. The lowest BCUT2D eigenvalue weighted by atomic mass is 9.97. The van der Waals surface area contributed by atoms with Gasteiger partial charge in [0, 0.05) is 18.1 Å². The standard InChI is InChI=1S/C18H23ClO5/c19-15-5-6-16-13(11-15)10-14(12-24-16)18(20)23-9-3-8-22-17-4-1-2-7-21-17/h5-6,11,14,17H,1-4,7-10,12H2/t14-,17-/m0/s1. The second-order valence-electron chi connectivity index (χ2n) is 6.15. The Hall–Kier alpha value is -1.30. The molecule has 0 bridgehead atoms. The van der Waals surface area contributed by atoms with Crippen molar-refractivity contribution in [1.29, 1.82) is 0 Å². The minimum atomic E-state index is -0.279. The van der Waals surface area contributed by atoms with Crippen LogP contribution in [0.3, 0.4) is 0 Å². The van der Waals surface area contributed by atoms with Gasteiger partial charge in [-0.15, -0.1) is 0 Å². The first kappa shape index (κ1) is 17.5. The Bertz CT molecular complexity index is 556. The molecule has 0 amide bonds. The minimum absolute atomic E-state index is 0.0950. The molecule has 0 saturated carbocycles. The molecule has 2 atom stereocenters. The summed E-state index contributed by atoms with van der Waals surface area (Å²) in [6.07, 6.45) is 4.37. The molecular formula is C18H23ClO5. The molecule has 1 aromatic carbocycles. The topological polar surface area (TPSA) is 54.0 Å². The van der Waals surface area contributed by atoms with Crippen LogP contribution in [0, 0.1) is 5.92 Å². The number of fused-ring (bicyclic) bond motifs is 1. The monoisotopic (exact) mass is 354 g/mol. The lowest BCUT2D eigenvalue weighted by molar-refractivity contribution is -0.166. The summed E-state index contributed by atoms with van der Waals surface area (Å²) in [5, 5.41) is 0.647. The molecule has 5 nitrogen and oxygen atoms in total. The Morgan fingerprint density at radius 1 is 1.29 bits per heavy atom. The molecular weight excluding hydrogens is 332 g/mol. The molecule has 0 radical (unpaired) electrons. The number of ether oxygens (including phenoxy) is 4. The number of hydrogen-bond acceptors (Lipinski definition) is 5. The summed E-state index contributed by atoms with van der Waals surface area (Å²) in [6.45, 7) is 2.01. The third kappa shape index (κ3) is 4.85. The fourth-order valence-corrected chi connectivity index (χ4v) is 3.12. The van der Waals surface area contributed by atoms with Crippen molar-refractivity contribution in [3.05, 3.63) is 28.8 Å². The van der Waals surface area contributed by atoms with Crippen molar-refractivity contribution in [2.24, 2.45) is 5.92 Å². The first-order valence-electron chi connectivity index (χ1n) is 8.53. The summed E-state index contributed by atoms with van der Waals surface area (Å²) in [5.74, 6) is 0.289. The molecule has 24 heavy (non-hydrogen) atoms. The fraction of sp³-hybridized carbons (Fsp3) is 0.611. The molecule has 1 aromatic rings. The van der Waals surface area contributed by atoms with Crippen LogP contribution in [-0.4, -0.2) is 38.7 Å². The van der Waals surface area contributed by atoms with Crippen molar-refractivity contribution in [2.45, 2.75) is 38.4 Å². The van der Waals surface area contributed by atoms with Gasteiger partial charge in [0.05, 0.1) is 19.1 Å². The van der Waals surface area contributed by atoms with Crippen LogP contribution in [0.5, 0.6) is 5.75 Å². The van der Waals surface area contributed by atoms with E-state index in [4.69, 9.17) is 30.5 Å². The molecule has 2 aliphatic rings. The van der Waals surface area contributed by atoms with Crippen LogP contribution < -0.4 is 4.74 Å². The van der Waals surface area contributed by atoms with E-state index in [2.05, 4.69) is 0 Å². The molecule has 1 saturated heterocycles. The largest absolute Gasteiger partial charge is 0.492 e. The smallest absolute Gasteiger partial charge is 0.312 e. The van der Waals surface area contributed by atoms with Crippen molar-refractivity contribution in [3.63, 3.8) is 0 Å². The third-order valence-electron chi connectivity index (χ3n) is 4.24. The summed E-state index contributed by atoms with van der Waals surface area (Å²) in [4.78, 5) is 12.2. The Balaban J connectivity index is 1.35. The van der Waals surface area contributed by atoms with Crippen LogP contribution in [0.15, 0.2) is 18.2 Å². The highest BCUT2D eigenvalue weighted by molar-refractivity contribution is 6.30. The van der Waals surface area contributed by atoms with Gasteiger partial charge in [0.25, 0.3) is 0 Å². The highest BCUT2D eigenvalue weighted by atomic mass is 35.5. The molecule has 0 unspecified atom stereocenters. The molecule has 6 heteroatoms. The number of halogens is 1. The van der Waals surface area contributed by atoms with Gasteiger partial charge in [-0.1, -0.05) is 11.6 Å². The average molecular weight is 355 g/mol. The van der Waals surface area contributed by atoms with Crippen molar-refractivity contribution >= 4 is 17.6 Å². The van der Waals surface area contributed by atoms with E-state index in [0.29, 0.717) is 37.7 Å². The molecule has 0 aromatic heterocycles. The second kappa shape index (κ2) is 8.70. The number of esters is 1. The zero-order valence-electron chi connectivity index (χ0n) is 13.7. The molecule has 132 valence electrons. The van der Waals surface area contributed by atoms with Gasteiger partial charge in [-0.25, -0.2) is 0 Å². The van der Waals surface area contributed by atoms with Gasteiger partial charge in [0.2, 0.25) is 0 Å². The van der Waals surface area contributed by atoms with Crippen molar-refractivity contribution in [1.82, 2.24) is 0 Å². The Morgan fingerprint density at radius 3 is 3.04 bits per heavy atom. The summed E-state index contributed by atoms with van der Waals surface area (Å²) < 4.78 is 22.1.